The van der Waals surface area contributed by atoms with Crippen LogP contribution in [0.25, 0.3) is 11.1 Å². The number of esters is 2. The highest BCUT2D eigenvalue weighted by Crippen LogP contribution is 2.27. The summed E-state index contributed by atoms with van der Waals surface area (Å²) in [6, 6.07) is 8.70. The maximum absolute atomic E-state index is 12.4. The highest BCUT2D eigenvalue weighted by molar-refractivity contribution is 9.10. The summed E-state index contributed by atoms with van der Waals surface area (Å²) >= 11 is 3.33. The first-order chi connectivity index (χ1) is 13.5. The van der Waals surface area contributed by atoms with Gasteiger partial charge >= 0.3 is 11.9 Å². The Labute approximate surface area is 169 Å². The van der Waals surface area contributed by atoms with Crippen molar-refractivity contribution >= 4 is 39.0 Å². The fraction of sp³-hybridized carbons (Fsp3) is 0.222. The molecule has 1 aromatic carbocycles. The first-order valence-electron chi connectivity index (χ1n) is 8.21. The molecule has 0 amide bonds. The number of aromatic amines is 1. The van der Waals surface area contributed by atoms with Gasteiger partial charge in [-0.1, -0.05) is 28.1 Å². The summed E-state index contributed by atoms with van der Waals surface area (Å²) in [6.07, 6.45) is 1.32. The Morgan fingerprint density at radius 1 is 1.18 bits per heavy atom. The van der Waals surface area contributed by atoms with Crippen molar-refractivity contribution in [3.05, 3.63) is 51.8 Å². The lowest BCUT2D eigenvalue weighted by Gasteiger charge is -2.09. The lowest BCUT2D eigenvalue weighted by molar-refractivity contribution is -0.138. The molecule has 10 heteroatoms. The van der Waals surface area contributed by atoms with Gasteiger partial charge in [-0.05, 0) is 42.8 Å². The fourth-order valence-corrected chi connectivity index (χ4v) is 2.46. The van der Waals surface area contributed by atoms with Gasteiger partial charge in [0.2, 0.25) is 5.82 Å². The van der Waals surface area contributed by atoms with Gasteiger partial charge in [0.15, 0.2) is 0 Å². The summed E-state index contributed by atoms with van der Waals surface area (Å²) in [4.78, 5) is 24.7. The molecule has 9 nitrogen and oxygen atoms in total. The second-order valence-corrected chi connectivity index (χ2v) is 6.06. The van der Waals surface area contributed by atoms with Gasteiger partial charge in [0, 0.05) is 10.0 Å². The van der Waals surface area contributed by atoms with Crippen molar-refractivity contribution in [1.29, 1.82) is 5.26 Å². The van der Waals surface area contributed by atoms with Crippen LogP contribution < -0.4 is 0 Å². The van der Waals surface area contributed by atoms with E-state index in [1.165, 1.54) is 6.08 Å². The molecule has 1 heterocycles. The number of carbonyl (C=O) groups excluding carboxylic acids is 2. The van der Waals surface area contributed by atoms with E-state index in [-0.39, 0.29) is 35.8 Å². The number of carbonyl (C=O) groups is 2. The van der Waals surface area contributed by atoms with Crippen molar-refractivity contribution in [2.24, 2.45) is 0 Å². The number of hydrogen-bond acceptors (Lipinski definition) is 8. The summed E-state index contributed by atoms with van der Waals surface area (Å²) in [7, 11) is 0. The topological polar surface area (TPSA) is 131 Å². The molecule has 0 fully saturated rings. The number of aromatic nitrogens is 4. The monoisotopic (exact) mass is 445 g/mol. The van der Waals surface area contributed by atoms with Crippen LogP contribution in [0.4, 0.5) is 0 Å². The predicted molar refractivity (Wildman–Crippen MR) is 102 cm³/mol. The Morgan fingerprint density at radius 3 is 2.36 bits per heavy atom. The van der Waals surface area contributed by atoms with Crippen molar-refractivity contribution in [2.45, 2.75) is 13.8 Å². The molecule has 2 rings (SSSR count). The molecule has 2 aromatic rings. The van der Waals surface area contributed by atoms with Crippen LogP contribution in [0.2, 0.25) is 0 Å². The predicted octanol–water partition coefficient (Wildman–Crippen LogP) is 2.45. The van der Waals surface area contributed by atoms with Gasteiger partial charge in [-0.15, -0.1) is 10.2 Å². The van der Waals surface area contributed by atoms with Gasteiger partial charge in [0.25, 0.3) is 0 Å². The molecule has 0 saturated heterocycles. The molecular weight excluding hydrogens is 430 g/mol. The summed E-state index contributed by atoms with van der Waals surface area (Å²) in [6.45, 7) is 3.49. The SMILES string of the molecule is CCOC(=O)/C(C#N)=C(/C=C(/C(=O)OCC)c1nn[nH]n1)c1ccc(Br)cc1. The van der Waals surface area contributed by atoms with E-state index in [0.717, 1.165) is 4.47 Å². The Balaban J connectivity index is 2.73. The van der Waals surface area contributed by atoms with E-state index in [0.29, 0.717) is 5.56 Å². The van der Waals surface area contributed by atoms with Gasteiger partial charge in [-0.3, -0.25) is 0 Å². The third-order valence-corrected chi connectivity index (χ3v) is 3.91. The van der Waals surface area contributed by atoms with Gasteiger partial charge < -0.3 is 9.47 Å². The van der Waals surface area contributed by atoms with Crippen molar-refractivity contribution in [3.63, 3.8) is 0 Å². The second-order valence-electron chi connectivity index (χ2n) is 5.14. The minimum atomic E-state index is -0.810. The first-order valence-corrected chi connectivity index (χ1v) is 9.01. The molecule has 0 atom stereocenters. The van der Waals surface area contributed by atoms with Gasteiger partial charge in [-0.25, -0.2) is 9.59 Å². The summed E-state index contributed by atoms with van der Waals surface area (Å²) in [5.74, 6) is -1.57. The second kappa shape index (κ2) is 10.1. The molecule has 0 radical (unpaired) electrons. The number of benzene rings is 1. The van der Waals surface area contributed by atoms with Crippen LogP contribution >= 0.6 is 15.9 Å². The zero-order chi connectivity index (χ0) is 20.5. The number of allylic oxidation sites excluding steroid dienone is 2. The van der Waals surface area contributed by atoms with Gasteiger partial charge in [0.1, 0.15) is 17.2 Å². The van der Waals surface area contributed by atoms with E-state index in [1.54, 1.807) is 38.1 Å². The number of rotatable bonds is 7. The van der Waals surface area contributed by atoms with Crippen LogP contribution in [0.15, 0.2) is 40.4 Å². The summed E-state index contributed by atoms with van der Waals surface area (Å²) < 4.78 is 10.8. The van der Waals surface area contributed by atoms with Crippen LogP contribution in [0, 0.1) is 11.3 Å². The number of H-pyrrole nitrogens is 1. The zero-order valence-electron chi connectivity index (χ0n) is 15.1. The largest absolute Gasteiger partial charge is 0.462 e. The van der Waals surface area contributed by atoms with Crippen molar-refractivity contribution in [3.8, 4) is 6.07 Å². The standard InChI is InChI=1S/C18H16BrN5O4/c1-3-27-17(25)14(16-21-23-24-22-16)9-13(11-5-7-12(19)8-6-11)15(10-20)18(26)28-4-2/h5-9H,3-4H2,1-2H3,(H,21,22,23,24)/b14-9+,15-13-. The molecule has 0 aliphatic carbocycles. The van der Waals surface area contributed by atoms with Crippen LogP contribution in [-0.2, 0) is 19.1 Å². The molecule has 0 spiro atoms. The molecule has 144 valence electrons. The van der Waals surface area contributed by atoms with Crippen LogP contribution in [0.5, 0.6) is 0 Å². The third-order valence-electron chi connectivity index (χ3n) is 3.39. The van der Waals surface area contributed by atoms with Crippen molar-refractivity contribution < 1.29 is 19.1 Å². The van der Waals surface area contributed by atoms with E-state index in [4.69, 9.17) is 9.47 Å². The Bertz CT molecular complexity index is 943. The molecule has 1 N–H and O–H groups in total. The van der Waals surface area contributed by atoms with E-state index in [1.807, 2.05) is 6.07 Å². The van der Waals surface area contributed by atoms with E-state index >= 15 is 0 Å². The van der Waals surface area contributed by atoms with E-state index in [2.05, 4.69) is 36.6 Å². The molecule has 0 bridgehead atoms. The molecule has 0 aliphatic heterocycles. The first kappa shape index (κ1) is 21.0. The third kappa shape index (κ3) is 5.11. The minimum Gasteiger partial charge on any atom is -0.462 e. The molecule has 28 heavy (non-hydrogen) atoms. The number of halogens is 1. The zero-order valence-corrected chi connectivity index (χ0v) is 16.7. The lowest BCUT2D eigenvalue weighted by atomic mass is 9.97. The van der Waals surface area contributed by atoms with Crippen molar-refractivity contribution in [1.82, 2.24) is 20.6 Å². The Morgan fingerprint density at radius 2 is 1.82 bits per heavy atom. The average Bonchev–Trinajstić information content (AvgIpc) is 3.20. The van der Waals surface area contributed by atoms with Gasteiger partial charge in [-0.2, -0.15) is 10.5 Å². The number of nitrogens with zero attached hydrogens (tertiary/aromatic N) is 4. The Kier molecular flexibility index (Phi) is 7.59. The molecular formula is C18H16BrN5O4. The Hall–Kier alpha value is -3.32. The molecule has 0 saturated carbocycles. The van der Waals surface area contributed by atoms with Crippen molar-refractivity contribution in [2.75, 3.05) is 13.2 Å². The number of hydrogen-bond donors (Lipinski definition) is 1. The highest BCUT2D eigenvalue weighted by atomic mass is 79.9. The van der Waals surface area contributed by atoms with Gasteiger partial charge in [0.05, 0.1) is 13.2 Å². The smallest absolute Gasteiger partial charge is 0.349 e. The van der Waals surface area contributed by atoms with Crippen LogP contribution in [0.1, 0.15) is 25.2 Å². The fourth-order valence-electron chi connectivity index (χ4n) is 2.19. The normalized spacial score (nSPS) is 12.0. The number of nitrogens with one attached hydrogen (secondary N) is 1. The maximum atomic E-state index is 12.4. The summed E-state index contributed by atoms with van der Waals surface area (Å²) in [5, 5.41) is 22.9. The highest BCUT2D eigenvalue weighted by Gasteiger charge is 2.23. The minimum absolute atomic E-state index is 0.0331. The molecule has 0 unspecified atom stereocenters. The average molecular weight is 446 g/mol. The van der Waals surface area contributed by atoms with E-state index in [9.17, 15) is 14.9 Å². The quantitative estimate of drug-likeness (QED) is 0.297. The molecule has 1 aromatic heterocycles. The summed E-state index contributed by atoms with van der Waals surface area (Å²) in [5.41, 5.74) is 0.347. The number of ether oxygens (including phenoxy) is 2. The number of tetrazole rings is 1. The van der Waals surface area contributed by atoms with E-state index < -0.39 is 11.9 Å². The lowest BCUT2D eigenvalue weighted by Crippen LogP contribution is -2.11. The van der Waals surface area contributed by atoms with Crippen LogP contribution in [-0.4, -0.2) is 45.8 Å². The maximum Gasteiger partial charge on any atom is 0.349 e. The number of nitriles is 1. The van der Waals surface area contributed by atoms with Crippen LogP contribution in [0.3, 0.4) is 0 Å². The molecule has 0 aliphatic rings.